The Morgan fingerprint density at radius 1 is 1.22 bits per heavy atom. The number of likely N-dealkylation sites (N-methyl/N-ethyl adjacent to an activating group) is 1. The van der Waals surface area contributed by atoms with Gasteiger partial charge in [-0.15, -0.1) is 5.10 Å². The van der Waals surface area contributed by atoms with Gasteiger partial charge in [0.15, 0.2) is 0 Å². The van der Waals surface area contributed by atoms with Crippen LogP contribution in [0.3, 0.4) is 0 Å². The average molecular weight is 244 g/mol. The largest absolute Gasteiger partial charge is 0.313 e. The minimum Gasteiger partial charge on any atom is -0.313 e. The van der Waals surface area contributed by atoms with Gasteiger partial charge in [-0.05, 0) is 26.5 Å². The Hall–Kier alpha value is -1.68. The first-order chi connectivity index (χ1) is 8.58. The minimum atomic E-state index is 0.278. The zero-order chi connectivity index (χ0) is 13.1. The Morgan fingerprint density at radius 3 is 2.39 bits per heavy atom. The van der Waals surface area contributed by atoms with Crippen LogP contribution in [-0.4, -0.2) is 22.0 Å². The third kappa shape index (κ3) is 2.96. The maximum Gasteiger partial charge on any atom is 0.0845 e. The molecule has 4 heteroatoms. The molecular weight excluding hydrogens is 224 g/mol. The summed E-state index contributed by atoms with van der Waals surface area (Å²) in [4.78, 5) is 0. The summed E-state index contributed by atoms with van der Waals surface area (Å²) in [6.45, 7) is 4.26. The normalized spacial score (nSPS) is 12.7. The molecule has 96 valence electrons. The van der Waals surface area contributed by atoms with E-state index in [0.29, 0.717) is 0 Å². The molecule has 1 atom stereocenters. The number of aromatic nitrogens is 3. The third-order valence-corrected chi connectivity index (χ3v) is 3.06. The lowest BCUT2D eigenvalue weighted by atomic mass is 9.98. The van der Waals surface area contributed by atoms with Crippen molar-refractivity contribution in [3.63, 3.8) is 0 Å². The Morgan fingerprint density at radius 2 is 1.89 bits per heavy atom. The highest BCUT2D eigenvalue weighted by molar-refractivity contribution is 5.31. The van der Waals surface area contributed by atoms with Crippen LogP contribution in [-0.2, 0) is 13.5 Å². The Bertz CT molecular complexity index is 510. The average Bonchev–Trinajstić information content (AvgIpc) is 2.70. The van der Waals surface area contributed by atoms with Crippen LogP contribution in [0.5, 0.6) is 0 Å². The van der Waals surface area contributed by atoms with E-state index >= 15 is 0 Å². The van der Waals surface area contributed by atoms with Gasteiger partial charge in [0.1, 0.15) is 0 Å². The summed E-state index contributed by atoms with van der Waals surface area (Å²) in [7, 11) is 3.88. The second-order valence-corrected chi connectivity index (χ2v) is 4.85. The Kier molecular flexibility index (Phi) is 3.77. The molecule has 0 aliphatic rings. The molecule has 0 aliphatic heterocycles. The van der Waals surface area contributed by atoms with Crippen molar-refractivity contribution < 1.29 is 0 Å². The van der Waals surface area contributed by atoms with Crippen LogP contribution in [0, 0.1) is 13.8 Å². The first-order valence-electron chi connectivity index (χ1n) is 6.19. The van der Waals surface area contributed by atoms with E-state index in [-0.39, 0.29) is 6.04 Å². The second-order valence-electron chi connectivity index (χ2n) is 4.85. The molecule has 0 radical (unpaired) electrons. The lowest BCUT2D eigenvalue weighted by Gasteiger charge is -2.16. The van der Waals surface area contributed by atoms with E-state index in [1.165, 1.54) is 16.7 Å². The van der Waals surface area contributed by atoms with Crippen molar-refractivity contribution in [2.24, 2.45) is 7.05 Å². The fraction of sp³-hybridized carbons (Fsp3) is 0.429. The minimum absolute atomic E-state index is 0.278. The molecule has 2 rings (SSSR count). The smallest absolute Gasteiger partial charge is 0.0845 e. The van der Waals surface area contributed by atoms with Gasteiger partial charge in [0.2, 0.25) is 0 Å². The molecule has 1 aromatic carbocycles. The predicted octanol–water partition coefficient (Wildman–Crippen LogP) is 1.94. The number of nitrogens with one attached hydrogen (secondary N) is 1. The summed E-state index contributed by atoms with van der Waals surface area (Å²) < 4.78 is 1.74. The SMILES string of the molecule is CNC(Cc1cn(C)nn1)c1cc(C)cc(C)c1. The van der Waals surface area contributed by atoms with Crippen molar-refractivity contribution in [3.05, 3.63) is 46.8 Å². The zero-order valence-electron chi connectivity index (χ0n) is 11.4. The molecule has 18 heavy (non-hydrogen) atoms. The Labute approximate surface area is 108 Å². The highest BCUT2D eigenvalue weighted by Gasteiger charge is 2.12. The number of nitrogens with zero attached hydrogens (tertiary/aromatic N) is 3. The van der Waals surface area contributed by atoms with Crippen LogP contribution in [0.25, 0.3) is 0 Å². The molecule has 0 aliphatic carbocycles. The summed E-state index contributed by atoms with van der Waals surface area (Å²) >= 11 is 0. The van der Waals surface area contributed by atoms with E-state index in [1.54, 1.807) is 4.68 Å². The molecule has 0 amide bonds. The maximum absolute atomic E-state index is 4.15. The van der Waals surface area contributed by atoms with Gasteiger partial charge in [-0.25, -0.2) is 0 Å². The number of aryl methyl sites for hydroxylation is 3. The molecule has 0 fully saturated rings. The summed E-state index contributed by atoms with van der Waals surface area (Å²) in [6.07, 6.45) is 2.82. The van der Waals surface area contributed by atoms with Crippen LogP contribution in [0.1, 0.15) is 28.4 Å². The second kappa shape index (κ2) is 5.31. The van der Waals surface area contributed by atoms with Gasteiger partial charge in [0.25, 0.3) is 0 Å². The monoisotopic (exact) mass is 244 g/mol. The van der Waals surface area contributed by atoms with Gasteiger partial charge >= 0.3 is 0 Å². The molecule has 2 aromatic rings. The summed E-state index contributed by atoms with van der Waals surface area (Å²) in [5.41, 5.74) is 4.91. The highest BCUT2D eigenvalue weighted by atomic mass is 15.4. The highest BCUT2D eigenvalue weighted by Crippen LogP contribution is 2.19. The molecule has 0 spiro atoms. The maximum atomic E-state index is 4.15. The molecule has 1 heterocycles. The van der Waals surface area contributed by atoms with Gasteiger partial charge in [-0.2, -0.15) is 0 Å². The van der Waals surface area contributed by atoms with Gasteiger partial charge < -0.3 is 5.32 Å². The van der Waals surface area contributed by atoms with Crippen LogP contribution in [0.15, 0.2) is 24.4 Å². The van der Waals surface area contributed by atoms with E-state index in [0.717, 1.165) is 12.1 Å². The van der Waals surface area contributed by atoms with Crippen molar-refractivity contribution in [2.75, 3.05) is 7.05 Å². The van der Waals surface area contributed by atoms with Gasteiger partial charge in [0.05, 0.1) is 5.69 Å². The van der Waals surface area contributed by atoms with Crippen molar-refractivity contribution in [1.82, 2.24) is 20.3 Å². The van der Waals surface area contributed by atoms with Crippen molar-refractivity contribution in [3.8, 4) is 0 Å². The van der Waals surface area contributed by atoms with Crippen LogP contribution >= 0.6 is 0 Å². The Balaban J connectivity index is 2.22. The van der Waals surface area contributed by atoms with Crippen LogP contribution < -0.4 is 5.32 Å². The van der Waals surface area contributed by atoms with Gasteiger partial charge in [-0.1, -0.05) is 34.5 Å². The molecule has 0 saturated carbocycles. The third-order valence-electron chi connectivity index (χ3n) is 3.06. The number of hydrogen-bond acceptors (Lipinski definition) is 3. The fourth-order valence-corrected chi connectivity index (χ4v) is 2.30. The van der Waals surface area contributed by atoms with Crippen LogP contribution in [0.2, 0.25) is 0 Å². The first-order valence-corrected chi connectivity index (χ1v) is 6.19. The molecule has 0 bridgehead atoms. The number of benzene rings is 1. The zero-order valence-corrected chi connectivity index (χ0v) is 11.4. The van der Waals surface area contributed by atoms with E-state index in [2.05, 4.69) is 47.7 Å². The quantitative estimate of drug-likeness (QED) is 0.893. The van der Waals surface area contributed by atoms with E-state index in [9.17, 15) is 0 Å². The van der Waals surface area contributed by atoms with Gasteiger partial charge in [-0.3, -0.25) is 4.68 Å². The van der Waals surface area contributed by atoms with Gasteiger partial charge in [0, 0.05) is 25.7 Å². The first kappa shape index (κ1) is 12.8. The predicted molar refractivity (Wildman–Crippen MR) is 72.4 cm³/mol. The number of hydrogen-bond donors (Lipinski definition) is 1. The van der Waals surface area contributed by atoms with Crippen molar-refractivity contribution >= 4 is 0 Å². The molecule has 1 aromatic heterocycles. The standard InChI is InChI=1S/C14H20N4/c1-10-5-11(2)7-12(6-10)14(15-3)8-13-9-18(4)17-16-13/h5-7,9,14-15H,8H2,1-4H3. The molecular formula is C14H20N4. The molecule has 1 unspecified atom stereocenters. The fourth-order valence-electron chi connectivity index (χ4n) is 2.30. The summed E-state index contributed by atoms with van der Waals surface area (Å²) in [5.74, 6) is 0. The lowest BCUT2D eigenvalue weighted by molar-refractivity contribution is 0.582. The van der Waals surface area contributed by atoms with E-state index < -0.39 is 0 Å². The molecule has 4 nitrogen and oxygen atoms in total. The molecule has 1 N–H and O–H groups in total. The topological polar surface area (TPSA) is 42.7 Å². The summed E-state index contributed by atoms with van der Waals surface area (Å²) in [5, 5.41) is 11.5. The van der Waals surface area contributed by atoms with Crippen LogP contribution in [0.4, 0.5) is 0 Å². The lowest BCUT2D eigenvalue weighted by Crippen LogP contribution is -2.19. The van der Waals surface area contributed by atoms with Crippen molar-refractivity contribution in [1.29, 1.82) is 0 Å². The number of rotatable bonds is 4. The van der Waals surface area contributed by atoms with E-state index in [1.807, 2.05) is 20.3 Å². The van der Waals surface area contributed by atoms with E-state index in [4.69, 9.17) is 0 Å². The summed E-state index contributed by atoms with van der Waals surface area (Å²) in [6, 6.07) is 6.92. The molecule has 0 saturated heterocycles. The van der Waals surface area contributed by atoms with Crippen molar-refractivity contribution in [2.45, 2.75) is 26.3 Å².